The van der Waals surface area contributed by atoms with Crippen molar-refractivity contribution in [3.8, 4) is 5.75 Å². The maximum Gasteiger partial charge on any atom is 0.325 e. The number of phenolic OH excluding ortho intramolecular Hbond substituents is 1. The average molecular weight is 1120 g/mol. The molecular weight excluding hydrogens is 1030 g/mol. The summed E-state index contributed by atoms with van der Waals surface area (Å²) in [6.45, 7) is 19.2. The van der Waals surface area contributed by atoms with Crippen LogP contribution in [-0.2, 0) is 38.2 Å². The van der Waals surface area contributed by atoms with Gasteiger partial charge in [-0.25, -0.2) is 5.43 Å². The number of cyclic esters (lactones) is 1. The monoisotopic (exact) mass is 1120 g/mol. The number of hydrogen-bond donors (Lipinski definition) is 11. The standard InChI is InChI=1S/C60H93N5O15/c1-12-40-28-35(7)60(63-55(40)74)39(11)53(72)38(10)50(80-60)30-47(70)33(5)21-25-45(68)48(71)27-34(6)49-19-15-13-14-18-44(67)37(9)54(73)42(24-22-36(8)66)56(75)61-51(31(2)3)57(76)62-52(41-23-20-32(4)46(69)29-41)58(77)65-26-16-17-43(64-65)59(78)79-49/h13-15,18,20,23,27,29,31,33,35,37-40,42-45,47-54,64,67-73H,12,16-17,19,21-22,24-26,28,30H2,1-11H3,(H,61,75)(H,62,76)(H,63,74)/b15-13+,18-14+,34-27+/t33-,35-,37-,38-,39-,40-,42+,43?,44-,45?,47-,48?,49-,50-,51-,52?,53-,54+,60+/m0/s1. The molecule has 1 aromatic carbocycles. The lowest BCUT2D eigenvalue weighted by molar-refractivity contribution is -0.267. The Morgan fingerprint density at radius 3 is 2.25 bits per heavy atom. The van der Waals surface area contributed by atoms with Gasteiger partial charge in [0.05, 0.1) is 48.6 Å². The number of ether oxygens (including phenoxy) is 2. The van der Waals surface area contributed by atoms with Crippen molar-refractivity contribution in [2.24, 2.45) is 47.3 Å². The van der Waals surface area contributed by atoms with Gasteiger partial charge in [-0.3, -0.25) is 29.0 Å². The number of ketones is 1. The molecule has 1 aromatic rings. The van der Waals surface area contributed by atoms with Crippen LogP contribution in [0.1, 0.15) is 151 Å². The lowest BCUT2D eigenvalue weighted by Crippen LogP contribution is -2.71. The first-order chi connectivity index (χ1) is 37.6. The van der Waals surface area contributed by atoms with Crippen LogP contribution in [0.3, 0.4) is 0 Å². The summed E-state index contributed by atoms with van der Waals surface area (Å²) in [5.41, 5.74) is 2.96. The Labute approximate surface area is 472 Å². The van der Waals surface area contributed by atoms with E-state index in [-0.39, 0.29) is 91.7 Å². The second-order valence-electron chi connectivity index (χ2n) is 23.8. The maximum atomic E-state index is 14.6. The molecule has 4 aliphatic heterocycles. The third-order valence-electron chi connectivity index (χ3n) is 17.5. The van der Waals surface area contributed by atoms with Gasteiger partial charge in [-0.1, -0.05) is 97.9 Å². The third kappa shape index (κ3) is 16.4. The molecule has 0 aliphatic carbocycles. The molecule has 0 aromatic heterocycles. The van der Waals surface area contributed by atoms with E-state index in [0.717, 1.165) is 0 Å². The van der Waals surface area contributed by atoms with Crippen molar-refractivity contribution in [3.63, 3.8) is 0 Å². The molecule has 20 heteroatoms. The van der Waals surface area contributed by atoms with E-state index in [1.165, 1.54) is 43.2 Å². The summed E-state index contributed by atoms with van der Waals surface area (Å²) in [4.78, 5) is 82.5. The Hall–Kier alpha value is -5.06. The Kier molecular flexibility index (Phi) is 24.1. The average Bonchev–Trinajstić information content (AvgIpc) is 3.41. The number of aromatic hydroxyl groups is 1. The summed E-state index contributed by atoms with van der Waals surface area (Å²) in [6, 6.07) is 0.718. The SMILES string of the molecule is CC[C@H]1C[C@H](C)[C@@]2(NC1=O)O[C@@H](C[C@H](O)[C@@H](C)CCC(O)C(O)/C=C(\C)[C@@H]1C/C=C/C=C/[C@H](O)[C@H](C)[C@@H](O)[C@@H](CCC(C)=O)C(=O)N[C@@H](C(C)C)C(=O)NC(c3ccc(C)c(O)c3)C(=O)N3CCCC(N3)C(=O)O1)[C@H](C)[C@H](O)[C@@H]2C. The van der Waals surface area contributed by atoms with E-state index in [4.69, 9.17) is 9.47 Å². The van der Waals surface area contributed by atoms with E-state index in [2.05, 4.69) is 21.4 Å². The molecule has 0 saturated carbocycles. The first-order valence-corrected chi connectivity index (χ1v) is 28.9. The molecule has 11 N–H and O–H groups in total. The van der Waals surface area contributed by atoms with Gasteiger partial charge in [0.25, 0.3) is 5.91 Å². The number of phenols is 1. The highest BCUT2D eigenvalue weighted by Crippen LogP contribution is 2.46. The normalized spacial score (nSPS) is 35.1. The zero-order valence-corrected chi connectivity index (χ0v) is 48.7. The van der Waals surface area contributed by atoms with Crippen LogP contribution in [0.4, 0.5) is 0 Å². The molecule has 0 radical (unpaired) electrons. The molecule has 448 valence electrons. The predicted octanol–water partition coefficient (Wildman–Crippen LogP) is 4.01. The number of benzene rings is 1. The number of Topliss-reactive ketones (excluding diaryl/α,β-unsaturated/α-hetero) is 1. The van der Waals surface area contributed by atoms with Gasteiger partial charge in [-0.05, 0) is 100 Å². The Morgan fingerprint density at radius 1 is 0.900 bits per heavy atom. The van der Waals surface area contributed by atoms with Gasteiger partial charge in [0.1, 0.15) is 41.5 Å². The van der Waals surface area contributed by atoms with E-state index in [1.807, 2.05) is 34.6 Å². The van der Waals surface area contributed by atoms with Crippen molar-refractivity contribution in [1.82, 2.24) is 26.4 Å². The summed E-state index contributed by atoms with van der Waals surface area (Å²) in [5, 5.41) is 89.1. The third-order valence-corrected chi connectivity index (χ3v) is 17.5. The van der Waals surface area contributed by atoms with Gasteiger partial charge in [0.15, 0.2) is 0 Å². The van der Waals surface area contributed by atoms with E-state index >= 15 is 0 Å². The van der Waals surface area contributed by atoms with E-state index in [0.29, 0.717) is 36.8 Å². The predicted molar refractivity (Wildman–Crippen MR) is 298 cm³/mol. The minimum Gasteiger partial charge on any atom is -0.508 e. The minimum absolute atomic E-state index is 0.0431. The molecule has 80 heavy (non-hydrogen) atoms. The van der Waals surface area contributed by atoms with Crippen molar-refractivity contribution in [2.45, 2.75) is 213 Å². The molecule has 5 rings (SSSR count). The molecule has 4 aliphatic rings. The van der Waals surface area contributed by atoms with Gasteiger partial charge in [-0.15, -0.1) is 0 Å². The van der Waals surface area contributed by atoms with Crippen LogP contribution in [-0.4, -0.2) is 149 Å². The number of nitrogens with one attached hydrogen (secondary N) is 4. The number of allylic oxidation sites excluding steroid dienone is 2. The topological polar surface area (TPSA) is 314 Å². The molecule has 19 atom stereocenters. The number of esters is 1. The van der Waals surface area contributed by atoms with Gasteiger partial charge in [0.2, 0.25) is 17.7 Å². The molecule has 3 saturated heterocycles. The second-order valence-corrected chi connectivity index (χ2v) is 23.8. The zero-order chi connectivity index (χ0) is 59.5. The zero-order valence-electron chi connectivity index (χ0n) is 48.7. The number of aryl methyl sites for hydroxylation is 1. The van der Waals surface area contributed by atoms with E-state index in [9.17, 15) is 64.5 Å². The summed E-state index contributed by atoms with van der Waals surface area (Å²) >= 11 is 0. The molecule has 4 unspecified atom stereocenters. The molecule has 2 bridgehead atoms. The van der Waals surface area contributed by atoms with Crippen LogP contribution in [0.25, 0.3) is 0 Å². The number of carbonyl (C=O) groups excluding carboxylic acids is 6. The van der Waals surface area contributed by atoms with Crippen molar-refractivity contribution in [2.75, 3.05) is 6.54 Å². The summed E-state index contributed by atoms with van der Waals surface area (Å²) in [5.74, 6) is -7.54. The van der Waals surface area contributed by atoms with Crippen molar-refractivity contribution in [1.29, 1.82) is 0 Å². The van der Waals surface area contributed by atoms with Crippen LogP contribution < -0.4 is 21.4 Å². The second kappa shape index (κ2) is 29.3. The highest BCUT2D eigenvalue weighted by Gasteiger charge is 2.57. The van der Waals surface area contributed by atoms with Crippen molar-refractivity contribution >= 4 is 35.4 Å². The number of nitrogens with zero attached hydrogens (tertiary/aromatic N) is 1. The number of amides is 4. The Balaban J connectivity index is 1.37. The van der Waals surface area contributed by atoms with E-state index < -0.39 is 120 Å². The van der Waals surface area contributed by atoms with Crippen LogP contribution in [0, 0.1) is 54.3 Å². The van der Waals surface area contributed by atoms with Crippen molar-refractivity contribution < 1.29 is 74.0 Å². The molecule has 1 spiro atoms. The lowest BCUT2D eigenvalue weighted by Gasteiger charge is -2.56. The first kappa shape index (κ1) is 65.7. The fraction of sp³-hybridized carbons (Fsp3) is 0.700. The Morgan fingerprint density at radius 2 is 1.60 bits per heavy atom. The smallest absolute Gasteiger partial charge is 0.325 e. The fourth-order valence-corrected chi connectivity index (χ4v) is 11.6. The van der Waals surface area contributed by atoms with Crippen LogP contribution in [0.15, 0.2) is 54.2 Å². The molecule has 3 fully saturated rings. The number of fused-ring (bicyclic) bond motifs is 2. The molecule has 4 heterocycles. The van der Waals surface area contributed by atoms with Gasteiger partial charge in [0, 0.05) is 55.4 Å². The van der Waals surface area contributed by atoms with Crippen LogP contribution >= 0.6 is 0 Å². The molecular formula is C60H93N5O15. The largest absolute Gasteiger partial charge is 0.508 e. The number of aliphatic hydroxyl groups is 6. The fourth-order valence-electron chi connectivity index (χ4n) is 11.6. The van der Waals surface area contributed by atoms with Gasteiger partial charge < -0.3 is 66.0 Å². The van der Waals surface area contributed by atoms with Crippen LogP contribution in [0.5, 0.6) is 5.75 Å². The number of hydrogen-bond acceptors (Lipinski definition) is 16. The first-order valence-electron chi connectivity index (χ1n) is 28.9. The van der Waals surface area contributed by atoms with Gasteiger partial charge >= 0.3 is 5.97 Å². The summed E-state index contributed by atoms with van der Waals surface area (Å²) < 4.78 is 12.8. The van der Waals surface area contributed by atoms with Crippen LogP contribution in [0.2, 0.25) is 0 Å². The molecule has 20 nitrogen and oxygen atoms in total. The number of aliphatic hydroxyl groups excluding tert-OH is 6. The summed E-state index contributed by atoms with van der Waals surface area (Å²) in [6.07, 6.45) is 1.01. The minimum atomic E-state index is -1.49. The van der Waals surface area contributed by atoms with E-state index in [1.54, 1.807) is 52.0 Å². The van der Waals surface area contributed by atoms with Crippen molar-refractivity contribution in [3.05, 3.63) is 65.3 Å². The number of hydrazine groups is 1. The Bertz CT molecular complexity index is 2400. The molecule has 4 amide bonds. The number of piperidine rings is 1. The quantitative estimate of drug-likeness (QED) is 0.0873. The number of carbonyl (C=O) groups is 6. The lowest BCUT2D eigenvalue weighted by atomic mass is 9.69. The highest BCUT2D eigenvalue weighted by atomic mass is 16.5. The van der Waals surface area contributed by atoms with Gasteiger partial charge in [-0.2, -0.15) is 0 Å². The number of rotatable bonds is 15. The maximum absolute atomic E-state index is 14.6. The highest BCUT2D eigenvalue weighted by molar-refractivity contribution is 5.93. The summed E-state index contributed by atoms with van der Waals surface area (Å²) in [7, 11) is 0.